The van der Waals surface area contributed by atoms with Gasteiger partial charge in [0, 0.05) is 17.1 Å². The molecule has 0 aromatic carbocycles. The molecule has 0 saturated heterocycles. The topological polar surface area (TPSA) is 158 Å². The molecule has 0 unspecified atom stereocenters. The minimum Gasteiger partial charge on any atom is -0.481 e. The van der Waals surface area contributed by atoms with Gasteiger partial charge >= 0.3 is 17.9 Å². The molecule has 0 atom stereocenters. The van der Waals surface area contributed by atoms with Crippen LogP contribution in [0.3, 0.4) is 0 Å². The second kappa shape index (κ2) is 11.9. The zero-order valence-electron chi connectivity index (χ0n) is 10.5. The van der Waals surface area contributed by atoms with Gasteiger partial charge in [0.1, 0.15) is 0 Å². The quantitative estimate of drug-likeness (QED) is 0.392. The molecular formula is C10H19FeNO7. The molecule has 0 bridgehead atoms. The van der Waals surface area contributed by atoms with Gasteiger partial charge in [-0.1, -0.05) is 13.3 Å². The maximum Gasteiger partial charge on any atom is 0.336 e. The Balaban J connectivity index is -0.000000366. The van der Waals surface area contributed by atoms with Crippen molar-refractivity contribution in [2.75, 3.05) is 6.54 Å². The number of rotatable bonds is 7. The largest absolute Gasteiger partial charge is 0.481 e. The van der Waals surface area contributed by atoms with Crippen LogP contribution in [-0.4, -0.2) is 50.5 Å². The molecule has 0 aliphatic heterocycles. The summed E-state index contributed by atoms with van der Waals surface area (Å²) in [5.41, 5.74) is 2.40. The second-order valence-corrected chi connectivity index (χ2v) is 3.62. The molecule has 0 aromatic rings. The summed E-state index contributed by atoms with van der Waals surface area (Å²) in [5.74, 6) is -5.02. The molecule has 0 rings (SSSR count). The number of hydrogen-bond acceptors (Lipinski definition) is 5. The Hall–Kier alpha value is -1.15. The summed E-state index contributed by atoms with van der Waals surface area (Å²) in [6.07, 6.45) is 0.0970. The smallest absolute Gasteiger partial charge is 0.336 e. The van der Waals surface area contributed by atoms with Gasteiger partial charge in [-0.05, 0) is 13.0 Å². The molecule has 0 aromatic heterocycles. The van der Waals surface area contributed by atoms with Gasteiger partial charge in [-0.25, -0.2) is 4.79 Å². The number of carbonyl (C=O) groups is 3. The molecule has 0 saturated carbocycles. The van der Waals surface area contributed by atoms with Crippen molar-refractivity contribution >= 4 is 17.9 Å². The summed E-state index contributed by atoms with van der Waals surface area (Å²) in [6, 6.07) is 0. The molecule has 8 nitrogen and oxygen atoms in total. The number of aliphatic hydroxyl groups is 1. The summed E-state index contributed by atoms with van der Waals surface area (Å²) in [7, 11) is 0. The average Bonchev–Trinajstić information content (AvgIpc) is 2.16. The van der Waals surface area contributed by atoms with Gasteiger partial charge in [0.2, 0.25) is 0 Å². The number of carboxylic acid groups (broad SMARTS) is 3. The van der Waals surface area contributed by atoms with E-state index in [2.05, 4.69) is 6.92 Å². The molecular weight excluding hydrogens is 302 g/mol. The minimum atomic E-state index is -2.74. The fraction of sp³-hybridized carbons (Fsp3) is 0.700. The van der Waals surface area contributed by atoms with Crippen molar-refractivity contribution < 1.29 is 51.9 Å². The Labute approximate surface area is 121 Å². The van der Waals surface area contributed by atoms with Crippen LogP contribution in [0.1, 0.15) is 32.6 Å². The van der Waals surface area contributed by atoms with Gasteiger partial charge in [0.25, 0.3) is 0 Å². The predicted molar refractivity (Wildman–Crippen MR) is 61.1 cm³/mol. The third-order valence-corrected chi connectivity index (χ3v) is 1.84. The maximum absolute atomic E-state index is 10.3. The number of aliphatic carboxylic acids is 3. The summed E-state index contributed by atoms with van der Waals surface area (Å²) in [5, 5.41) is 33.8. The maximum atomic E-state index is 10.3. The first-order valence-corrected chi connectivity index (χ1v) is 5.29. The zero-order valence-corrected chi connectivity index (χ0v) is 11.6. The van der Waals surface area contributed by atoms with E-state index in [-0.39, 0.29) is 17.1 Å². The summed E-state index contributed by atoms with van der Waals surface area (Å²) in [4.78, 5) is 30.5. The first-order chi connectivity index (χ1) is 8.19. The fourth-order valence-electron chi connectivity index (χ4n) is 0.918. The molecule has 19 heavy (non-hydrogen) atoms. The summed E-state index contributed by atoms with van der Waals surface area (Å²) >= 11 is 0. The Morgan fingerprint density at radius 3 is 1.53 bits per heavy atom. The molecule has 6 N–H and O–H groups in total. The predicted octanol–water partition coefficient (Wildman–Crippen LogP) is -0.506. The number of unbranched alkanes of at least 4 members (excludes halogenated alkanes) is 1. The van der Waals surface area contributed by atoms with Gasteiger partial charge in [-0.2, -0.15) is 0 Å². The van der Waals surface area contributed by atoms with Gasteiger partial charge in [-0.15, -0.1) is 0 Å². The van der Waals surface area contributed by atoms with Crippen LogP contribution in [0.2, 0.25) is 0 Å². The number of carboxylic acids is 3. The third kappa shape index (κ3) is 13.1. The first kappa shape index (κ1) is 23.0. The summed E-state index contributed by atoms with van der Waals surface area (Å²) < 4.78 is 0. The monoisotopic (exact) mass is 321 g/mol. The van der Waals surface area contributed by atoms with E-state index < -0.39 is 36.4 Å². The number of nitrogens with two attached hydrogens (primary N) is 1. The Morgan fingerprint density at radius 2 is 1.42 bits per heavy atom. The first-order valence-electron chi connectivity index (χ1n) is 5.29. The van der Waals surface area contributed by atoms with Crippen molar-refractivity contribution in [3.05, 3.63) is 0 Å². The molecule has 0 heterocycles. The number of hydrogen-bond donors (Lipinski definition) is 5. The van der Waals surface area contributed by atoms with Crippen LogP contribution < -0.4 is 5.73 Å². The van der Waals surface area contributed by atoms with Crippen molar-refractivity contribution in [1.29, 1.82) is 0 Å². The molecule has 0 spiro atoms. The molecule has 0 amide bonds. The van der Waals surface area contributed by atoms with Crippen LogP contribution in [-0.2, 0) is 31.5 Å². The van der Waals surface area contributed by atoms with E-state index >= 15 is 0 Å². The van der Waals surface area contributed by atoms with E-state index in [1.54, 1.807) is 0 Å². The van der Waals surface area contributed by atoms with Crippen LogP contribution in [0.5, 0.6) is 0 Å². The normalized spacial score (nSPS) is 9.63. The van der Waals surface area contributed by atoms with E-state index in [1.165, 1.54) is 12.8 Å². The molecule has 0 fully saturated rings. The minimum absolute atomic E-state index is 0. The van der Waals surface area contributed by atoms with Crippen LogP contribution in [0.4, 0.5) is 0 Å². The molecule has 0 aliphatic rings. The van der Waals surface area contributed by atoms with Gasteiger partial charge in [-0.3, -0.25) is 9.59 Å². The molecule has 114 valence electrons. The van der Waals surface area contributed by atoms with Crippen LogP contribution in [0.25, 0.3) is 0 Å². The Bertz CT molecular complexity index is 278. The van der Waals surface area contributed by atoms with Crippen LogP contribution >= 0.6 is 0 Å². The Kier molecular flexibility index (Phi) is 14.4. The molecule has 9 heteroatoms. The molecule has 0 radical (unpaired) electrons. The van der Waals surface area contributed by atoms with E-state index in [0.29, 0.717) is 0 Å². The van der Waals surface area contributed by atoms with E-state index in [4.69, 9.17) is 26.2 Å². The van der Waals surface area contributed by atoms with Crippen molar-refractivity contribution in [3.8, 4) is 0 Å². The van der Waals surface area contributed by atoms with Crippen molar-refractivity contribution in [3.63, 3.8) is 0 Å². The second-order valence-electron chi connectivity index (χ2n) is 3.62. The van der Waals surface area contributed by atoms with E-state index in [1.807, 2.05) is 0 Å². The van der Waals surface area contributed by atoms with Crippen LogP contribution in [0.15, 0.2) is 0 Å². The van der Waals surface area contributed by atoms with E-state index in [0.717, 1.165) is 6.54 Å². The van der Waals surface area contributed by atoms with Crippen molar-refractivity contribution in [2.45, 2.75) is 38.2 Å². The van der Waals surface area contributed by atoms with Gasteiger partial charge in [0.05, 0.1) is 12.8 Å². The van der Waals surface area contributed by atoms with E-state index in [9.17, 15) is 14.4 Å². The standard InChI is InChI=1S/C6H8O7.C4H11N.Fe/c7-3(8)1-6(13,5(11)12)2-4(9)10;1-2-3-4-5;/h13H,1-2H2,(H,7,8)(H,9,10)(H,11,12);2-5H2,1H3;. The van der Waals surface area contributed by atoms with Gasteiger partial charge < -0.3 is 26.2 Å². The third-order valence-electron chi connectivity index (χ3n) is 1.84. The van der Waals surface area contributed by atoms with Crippen molar-refractivity contribution in [1.82, 2.24) is 0 Å². The van der Waals surface area contributed by atoms with Gasteiger partial charge in [0.15, 0.2) is 5.60 Å². The molecule has 0 aliphatic carbocycles. The SMILES string of the molecule is CCCCN.O=C(O)CC(O)(CC(=O)O)C(=O)O.[Fe]. The fourth-order valence-corrected chi connectivity index (χ4v) is 0.918. The zero-order chi connectivity index (χ0) is 14.8. The van der Waals surface area contributed by atoms with Crippen molar-refractivity contribution in [2.24, 2.45) is 5.73 Å². The van der Waals surface area contributed by atoms with Crippen LogP contribution in [0, 0.1) is 0 Å². The Morgan fingerprint density at radius 1 is 1.05 bits per heavy atom. The average molecular weight is 321 g/mol. The summed E-state index contributed by atoms with van der Waals surface area (Å²) in [6.45, 7) is 2.98.